The summed E-state index contributed by atoms with van der Waals surface area (Å²) < 4.78 is 0. The molecule has 0 aliphatic carbocycles. The van der Waals surface area contributed by atoms with Gasteiger partial charge >= 0.3 is 0 Å². The average Bonchev–Trinajstić information content (AvgIpc) is 2.76. The SMILES string of the molecule is CCCCN(Cc1ccccc1)C(=S)N(c1ccccc1)c1cc(C)c(C)cc1C. The van der Waals surface area contributed by atoms with Gasteiger partial charge in [0.15, 0.2) is 5.11 Å². The second-order valence-electron chi connectivity index (χ2n) is 7.94. The third-order valence-corrected chi connectivity index (χ3v) is 5.97. The molecule has 0 saturated carbocycles. The van der Waals surface area contributed by atoms with Crippen LogP contribution in [0.25, 0.3) is 0 Å². The van der Waals surface area contributed by atoms with E-state index in [1.165, 1.54) is 22.3 Å². The van der Waals surface area contributed by atoms with Crippen LogP contribution in [0, 0.1) is 20.8 Å². The van der Waals surface area contributed by atoms with Crippen LogP contribution in [0.4, 0.5) is 11.4 Å². The molecule has 0 aliphatic rings. The van der Waals surface area contributed by atoms with Crippen LogP contribution in [-0.4, -0.2) is 16.6 Å². The van der Waals surface area contributed by atoms with Gasteiger partial charge in [0.05, 0.1) is 5.69 Å². The zero-order valence-corrected chi connectivity index (χ0v) is 19.4. The van der Waals surface area contributed by atoms with Gasteiger partial charge in [-0.2, -0.15) is 0 Å². The molecule has 0 saturated heterocycles. The summed E-state index contributed by atoms with van der Waals surface area (Å²) in [5, 5.41) is 0.852. The lowest BCUT2D eigenvalue weighted by Gasteiger charge is -2.35. The predicted octanol–water partition coefficient (Wildman–Crippen LogP) is 7.34. The Bertz CT molecular complexity index is 967. The van der Waals surface area contributed by atoms with Crippen LogP contribution in [0.3, 0.4) is 0 Å². The highest BCUT2D eigenvalue weighted by molar-refractivity contribution is 7.80. The van der Waals surface area contributed by atoms with E-state index < -0.39 is 0 Å². The van der Waals surface area contributed by atoms with E-state index >= 15 is 0 Å². The van der Waals surface area contributed by atoms with Crippen LogP contribution in [0.5, 0.6) is 0 Å². The Morgan fingerprint density at radius 1 is 0.800 bits per heavy atom. The second kappa shape index (κ2) is 10.4. The molecule has 0 amide bonds. The molecule has 3 rings (SSSR count). The molecule has 156 valence electrons. The maximum Gasteiger partial charge on any atom is 0.181 e. The van der Waals surface area contributed by atoms with Crippen LogP contribution in [0.15, 0.2) is 72.8 Å². The first-order chi connectivity index (χ1) is 14.5. The van der Waals surface area contributed by atoms with Crippen molar-refractivity contribution in [3.8, 4) is 0 Å². The van der Waals surface area contributed by atoms with Gasteiger partial charge < -0.3 is 4.90 Å². The van der Waals surface area contributed by atoms with Gasteiger partial charge in [-0.3, -0.25) is 4.90 Å². The molecule has 2 nitrogen and oxygen atoms in total. The first-order valence-electron chi connectivity index (χ1n) is 10.8. The largest absolute Gasteiger partial charge is 0.344 e. The number of unbranched alkanes of at least 4 members (excludes halogenated alkanes) is 1. The first kappa shape index (κ1) is 22.0. The van der Waals surface area contributed by atoms with Gasteiger partial charge in [-0.25, -0.2) is 0 Å². The predicted molar refractivity (Wildman–Crippen MR) is 134 cm³/mol. The number of nitrogens with zero attached hydrogens (tertiary/aromatic N) is 2. The van der Waals surface area contributed by atoms with Crippen molar-refractivity contribution in [1.82, 2.24) is 4.90 Å². The number of hydrogen-bond acceptors (Lipinski definition) is 1. The maximum absolute atomic E-state index is 6.16. The van der Waals surface area contributed by atoms with E-state index in [2.05, 4.69) is 110 Å². The van der Waals surface area contributed by atoms with Gasteiger partial charge in [-0.1, -0.05) is 67.9 Å². The summed E-state index contributed by atoms with van der Waals surface area (Å²) in [6.45, 7) is 10.5. The van der Waals surface area contributed by atoms with Gasteiger partial charge in [-0.15, -0.1) is 0 Å². The monoisotopic (exact) mass is 416 g/mol. The molecule has 0 radical (unpaired) electrons. The third-order valence-electron chi connectivity index (χ3n) is 5.53. The number of anilines is 2. The Hall–Kier alpha value is -2.65. The minimum Gasteiger partial charge on any atom is -0.344 e. The highest BCUT2D eigenvalue weighted by atomic mass is 32.1. The number of benzene rings is 3. The Morgan fingerprint density at radius 3 is 2.03 bits per heavy atom. The third kappa shape index (κ3) is 5.28. The summed E-state index contributed by atoms with van der Waals surface area (Å²) in [5.41, 5.74) is 7.36. The van der Waals surface area contributed by atoms with E-state index in [0.717, 1.165) is 42.4 Å². The number of para-hydroxylation sites is 1. The minimum absolute atomic E-state index is 0.812. The summed E-state index contributed by atoms with van der Waals surface area (Å²) in [6.07, 6.45) is 2.25. The molecule has 0 spiro atoms. The molecule has 3 aromatic carbocycles. The summed E-state index contributed by atoms with van der Waals surface area (Å²) in [5.74, 6) is 0. The van der Waals surface area contributed by atoms with Crippen LogP contribution in [0.1, 0.15) is 42.0 Å². The zero-order chi connectivity index (χ0) is 21.5. The van der Waals surface area contributed by atoms with E-state index in [9.17, 15) is 0 Å². The summed E-state index contributed by atoms with van der Waals surface area (Å²) >= 11 is 6.16. The van der Waals surface area contributed by atoms with E-state index in [1.807, 2.05) is 0 Å². The molecule has 3 aromatic rings. The molecule has 0 fully saturated rings. The maximum atomic E-state index is 6.16. The number of thiocarbonyl (C=S) groups is 1. The quantitative estimate of drug-likeness (QED) is 0.372. The molecule has 0 heterocycles. The molecule has 0 N–H and O–H groups in total. The Labute approximate surface area is 187 Å². The molecule has 0 aliphatic heterocycles. The molecule has 30 heavy (non-hydrogen) atoms. The minimum atomic E-state index is 0.812. The van der Waals surface area contributed by atoms with Gasteiger partial charge in [0.25, 0.3) is 0 Å². The Balaban J connectivity index is 2.04. The highest BCUT2D eigenvalue weighted by Gasteiger charge is 2.22. The van der Waals surface area contributed by atoms with Crippen molar-refractivity contribution in [2.24, 2.45) is 0 Å². The lowest BCUT2D eigenvalue weighted by molar-refractivity contribution is 0.404. The summed E-state index contributed by atoms with van der Waals surface area (Å²) in [6, 6.07) is 25.6. The first-order valence-corrected chi connectivity index (χ1v) is 11.2. The van der Waals surface area contributed by atoms with E-state index in [0.29, 0.717) is 0 Å². The fourth-order valence-corrected chi connectivity index (χ4v) is 4.01. The van der Waals surface area contributed by atoms with Gasteiger partial charge in [0.2, 0.25) is 0 Å². The number of hydrogen-bond donors (Lipinski definition) is 0. The van der Waals surface area contributed by atoms with E-state index in [-0.39, 0.29) is 0 Å². The van der Waals surface area contributed by atoms with Crippen LogP contribution >= 0.6 is 12.2 Å². The van der Waals surface area contributed by atoms with Crippen LogP contribution in [-0.2, 0) is 6.54 Å². The standard InChI is InChI=1S/C27H32N2S/c1-5-6-17-28(20-24-13-9-7-10-14-24)27(30)29(25-15-11-8-12-16-25)26-19-22(3)21(2)18-23(26)4/h7-16,18-19H,5-6,17,20H2,1-4H3. The molecular formula is C27H32N2S. The van der Waals surface area contributed by atoms with Gasteiger partial charge in [-0.05, 0) is 79.9 Å². The van der Waals surface area contributed by atoms with Crippen LogP contribution in [0.2, 0.25) is 0 Å². The molecule has 3 heteroatoms. The lowest BCUT2D eigenvalue weighted by Crippen LogP contribution is -2.41. The molecule has 0 bridgehead atoms. The fraction of sp³-hybridized carbons (Fsp3) is 0.296. The highest BCUT2D eigenvalue weighted by Crippen LogP contribution is 2.32. The Morgan fingerprint density at radius 2 is 1.40 bits per heavy atom. The van der Waals surface area contributed by atoms with Crippen molar-refractivity contribution >= 4 is 28.7 Å². The van der Waals surface area contributed by atoms with Crippen molar-refractivity contribution in [3.05, 3.63) is 95.1 Å². The summed E-state index contributed by atoms with van der Waals surface area (Å²) in [4.78, 5) is 4.59. The van der Waals surface area contributed by atoms with Crippen LogP contribution < -0.4 is 4.90 Å². The fourth-order valence-electron chi connectivity index (χ4n) is 3.65. The zero-order valence-electron chi connectivity index (χ0n) is 18.6. The Kier molecular flexibility index (Phi) is 7.64. The van der Waals surface area contributed by atoms with E-state index in [1.54, 1.807) is 0 Å². The lowest BCUT2D eigenvalue weighted by atomic mass is 10.0. The molecule has 0 unspecified atom stereocenters. The molecule has 0 aromatic heterocycles. The van der Waals surface area contributed by atoms with Crippen molar-refractivity contribution in [1.29, 1.82) is 0 Å². The topological polar surface area (TPSA) is 6.48 Å². The molecule has 0 atom stereocenters. The van der Waals surface area contributed by atoms with Crippen molar-refractivity contribution < 1.29 is 0 Å². The van der Waals surface area contributed by atoms with Crippen molar-refractivity contribution in [2.45, 2.75) is 47.1 Å². The normalized spacial score (nSPS) is 10.7. The second-order valence-corrected chi connectivity index (χ2v) is 8.30. The van der Waals surface area contributed by atoms with Gasteiger partial charge in [0.1, 0.15) is 0 Å². The van der Waals surface area contributed by atoms with E-state index in [4.69, 9.17) is 12.2 Å². The number of rotatable bonds is 7. The van der Waals surface area contributed by atoms with Crippen molar-refractivity contribution in [2.75, 3.05) is 11.4 Å². The van der Waals surface area contributed by atoms with Crippen molar-refractivity contribution in [3.63, 3.8) is 0 Å². The summed E-state index contributed by atoms with van der Waals surface area (Å²) in [7, 11) is 0. The smallest absolute Gasteiger partial charge is 0.181 e. The molecular weight excluding hydrogens is 384 g/mol. The van der Waals surface area contributed by atoms with Gasteiger partial charge in [0, 0.05) is 18.8 Å². The number of aryl methyl sites for hydroxylation is 3. The average molecular weight is 417 g/mol.